The summed E-state index contributed by atoms with van der Waals surface area (Å²) < 4.78 is 0. The predicted molar refractivity (Wildman–Crippen MR) is 60.5 cm³/mol. The molecule has 0 aromatic heterocycles. The summed E-state index contributed by atoms with van der Waals surface area (Å²) in [6.07, 6.45) is 0. The number of Topliss-reactive ketones (excluding diaryl/α,β-unsaturated/α-hetero) is 1. The van der Waals surface area contributed by atoms with E-state index < -0.39 is 0 Å². The van der Waals surface area contributed by atoms with Crippen LogP contribution in [0.5, 0.6) is 0 Å². The summed E-state index contributed by atoms with van der Waals surface area (Å²) >= 11 is 7.41. The largest absolute Gasteiger partial charge is 0.398 e. The van der Waals surface area contributed by atoms with Crippen molar-refractivity contribution >= 4 is 40.0 Å². The van der Waals surface area contributed by atoms with Crippen molar-refractivity contribution in [2.24, 2.45) is 0 Å². The Morgan fingerprint density at radius 1 is 1.62 bits per heavy atom. The lowest BCUT2D eigenvalue weighted by molar-refractivity contribution is -0.116. The first-order chi connectivity index (χ1) is 6.02. The van der Waals surface area contributed by atoms with Crippen molar-refractivity contribution in [3.05, 3.63) is 23.8 Å². The van der Waals surface area contributed by atoms with E-state index in [2.05, 4.69) is 28.6 Å². The van der Waals surface area contributed by atoms with Gasteiger partial charge in [0.05, 0.1) is 4.83 Å². The summed E-state index contributed by atoms with van der Waals surface area (Å²) in [5.41, 5.74) is 7.11. The summed E-state index contributed by atoms with van der Waals surface area (Å²) in [6, 6.07) is 5.35. The number of halogens is 1. The molecule has 1 aromatic rings. The average molecular weight is 260 g/mol. The minimum Gasteiger partial charge on any atom is -0.398 e. The van der Waals surface area contributed by atoms with E-state index in [1.165, 1.54) is 6.92 Å². The molecule has 0 spiro atoms. The van der Waals surface area contributed by atoms with Crippen LogP contribution in [0.2, 0.25) is 0 Å². The smallest absolute Gasteiger partial charge is 0.147 e. The highest BCUT2D eigenvalue weighted by Crippen LogP contribution is 2.29. The Morgan fingerprint density at radius 3 is 2.69 bits per heavy atom. The van der Waals surface area contributed by atoms with Crippen molar-refractivity contribution in [3.8, 4) is 0 Å². The topological polar surface area (TPSA) is 43.1 Å². The third-order valence-electron chi connectivity index (χ3n) is 1.70. The fourth-order valence-electron chi connectivity index (χ4n) is 1.01. The Labute approximate surface area is 91.1 Å². The first-order valence-corrected chi connectivity index (χ1v) is 5.11. The highest BCUT2D eigenvalue weighted by atomic mass is 79.9. The lowest BCUT2D eigenvalue weighted by Crippen LogP contribution is -2.04. The summed E-state index contributed by atoms with van der Waals surface area (Å²) in [6.45, 7) is 1.52. The molecule has 0 radical (unpaired) electrons. The fraction of sp³-hybridized carbons (Fsp3) is 0.222. The number of benzene rings is 1. The second kappa shape index (κ2) is 4.15. The second-order valence-electron chi connectivity index (χ2n) is 2.79. The molecule has 1 aromatic carbocycles. The van der Waals surface area contributed by atoms with Gasteiger partial charge < -0.3 is 5.73 Å². The van der Waals surface area contributed by atoms with Gasteiger partial charge in [0, 0.05) is 10.6 Å². The zero-order valence-electron chi connectivity index (χ0n) is 7.12. The van der Waals surface area contributed by atoms with E-state index in [9.17, 15) is 4.79 Å². The van der Waals surface area contributed by atoms with E-state index in [0.717, 1.165) is 10.5 Å². The van der Waals surface area contributed by atoms with Gasteiger partial charge in [0.2, 0.25) is 0 Å². The van der Waals surface area contributed by atoms with Crippen LogP contribution in [0, 0.1) is 0 Å². The molecule has 1 atom stereocenters. The van der Waals surface area contributed by atoms with Crippen LogP contribution in [-0.2, 0) is 4.79 Å². The first kappa shape index (κ1) is 10.6. The van der Waals surface area contributed by atoms with Gasteiger partial charge in [-0.3, -0.25) is 4.79 Å². The first-order valence-electron chi connectivity index (χ1n) is 3.75. The number of hydrogen-bond acceptors (Lipinski definition) is 3. The molecular weight excluding hydrogens is 250 g/mol. The zero-order valence-corrected chi connectivity index (χ0v) is 9.60. The molecule has 0 aliphatic heterocycles. The quantitative estimate of drug-likeness (QED) is 0.487. The highest BCUT2D eigenvalue weighted by Gasteiger charge is 2.14. The molecule has 0 aliphatic rings. The number of nitrogen functional groups attached to an aromatic ring is 1. The summed E-state index contributed by atoms with van der Waals surface area (Å²) in [5.74, 6) is 0.0404. The molecule has 0 bridgehead atoms. The van der Waals surface area contributed by atoms with Gasteiger partial charge in [-0.05, 0) is 24.6 Å². The standard InChI is InChI=1S/C9H10BrNOS/c1-5(12)9(10)7-3-2-6(13)4-8(7)11/h2-4,9,13H,11H2,1H3. The molecule has 0 saturated heterocycles. The Balaban J connectivity index is 3.08. The molecule has 1 rings (SSSR count). The summed E-state index contributed by atoms with van der Waals surface area (Å²) in [4.78, 5) is 11.5. The van der Waals surface area contributed by atoms with Crippen molar-refractivity contribution in [1.82, 2.24) is 0 Å². The lowest BCUT2D eigenvalue weighted by Gasteiger charge is -2.09. The molecule has 0 heterocycles. The van der Waals surface area contributed by atoms with Crippen molar-refractivity contribution in [2.45, 2.75) is 16.6 Å². The highest BCUT2D eigenvalue weighted by molar-refractivity contribution is 9.09. The summed E-state index contributed by atoms with van der Waals surface area (Å²) in [7, 11) is 0. The van der Waals surface area contributed by atoms with Crippen LogP contribution in [0.4, 0.5) is 5.69 Å². The van der Waals surface area contributed by atoms with Crippen LogP contribution in [0.1, 0.15) is 17.3 Å². The molecular formula is C9H10BrNOS. The van der Waals surface area contributed by atoms with Gasteiger partial charge in [0.25, 0.3) is 0 Å². The maximum Gasteiger partial charge on any atom is 0.147 e. The van der Waals surface area contributed by atoms with E-state index in [1.807, 2.05) is 6.07 Å². The number of alkyl halides is 1. The van der Waals surface area contributed by atoms with E-state index >= 15 is 0 Å². The van der Waals surface area contributed by atoms with Gasteiger partial charge in [-0.15, -0.1) is 12.6 Å². The average Bonchev–Trinajstić information content (AvgIpc) is 2.03. The van der Waals surface area contributed by atoms with Crippen molar-refractivity contribution in [3.63, 3.8) is 0 Å². The Kier molecular flexibility index (Phi) is 3.39. The van der Waals surface area contributed by atoms with Crippen LogP contribution in [0.3, 0.4) is 0 Å². The Hall–Kier alpha value is -0.480. The van der Waals surface area contributed by atoms with Gasteiger partial charge in [-0.2, -0.15) is 0 Å². The maximum absolute atomic E-state index is 11.1. The number of thiol groups is 1. The third-order valence-corrected chi connectivity index (χ3v) is 3.12. The molecule has 13 heavy (non-hydrogen) atoms. The monoisotopic (exact) mass is 259 g/mol. The molecule has 2 nitrogen and oxygen atoms in total. The molecule has 0 amide bonds. The number of nitrogens with two attached hydrogens (primary N) is 1. The van der Waals surface area contributed by atoms with Crippen LogP contribution < -0.4 is 5.73 Å². The Morgan fingerprint density at radius 2 is 2.23 bits per heavy atom. The number of anilines is 1. The molecule has 0 fully saturated rings. The molecule has 0 saturated carbocycles. The van der Waals surface area contributed by atoms with Crippen LogP contribution >= 0.6 is 28.6 Å². The van der Waals surface area contributed by atoms with E-state index in [4.69, 9.17) is 5.73 Å². The molecule has 1 unspecified atom stereocenters. The lowest BCUT2D eigenvalue weighted by atomic mass is 10.1. The van der Waals surface area contributed by atoms with Gasteiger partial charge in [0.15, 0.2) is 0 Å². The van der Waals surface area contributed by atoms with Gasteiger partial charge in [-0.1, -0.05) is 22.0 Å². The Bertz CT molecular complexity index is 340. The normalized spacial score (nSPS) is 12.5. The predicted octanol–water partition coefficient (Wildman–Crippen LogP) is 2.58. The van der Waals surface area contributed by atoms with Crippen molar-refractivity contribution in [1.29, 1.82) is 0 Å². The van der Waals surface area contributed by atoms with Crippen LogP contribution in [-0.4, -0.2) is 5.78 Å². The number of ketones is 1. The van der Waals surface area contributed by atoms with Crippen molar-refractivity contribution < 1.29 is 4.79 Å². The number of hydrogen-bond donors (Lipinski definition) is 2. The molecule has 70 valence electrons. The zero-order chi connectivity index (χ0) is 10.0. The van der Waals surface area contributed by atoms with Gasteiger partial charge >= 0.3 is 0 Å². The molecule has 2 N–H and O–H groups in total. The number of carbonyl (C=O) groups excluding carboxylic acids is 1. The van der Waals surface area contributed by atoms with Crippen LogP contribution in [0.15, 0.2) is 23.1 Å². The van der Waals surface area contributed by atoms with E-state index in [0.29, 0.717) is 5.69 Å². The minimum atomic E-state index is -0.318. The SMILES string of the molecule is CC(=O)C(Br)c1ccc(S)cc1N. The van der Waals surface area contributed by atoms with Crippen molar-refractivity contribution in [2.75, 3.05) is 5.73 Å². The number of carbonyl (C=O) groups is 1. The van der Waals surface area contributed by atoms with Gasteiger partial charge in [-0.25, -0.2) is 0 Å². The van der Waals surface area contributed by atoms with E-state index in [-0.39, 0.29) is 10.6 Å². The fourth-order valence-corrected chi connectivity index (χ4v) is 1.64. The van der Waals surface area contributed by atoms with E-state index in [1.54, 1.807) is 12.1 Å². The molecule has 4 heteroatoms. The number of rotatable bonds is 2. The minimum absolute atomic E-state index is 0.0404. The second-order valence-corrected chi connectivity index (χ2v) is 4.22. The van der Waals surface area contributed by atoms with Crippen LogP contribution in [0.25, 0.3) is 0 Å². The summed E-state index contributed by atoms with van der Waals surface area (Å²) in [5, 5.41) is 0. The van der Waals surface area contributed by atoms with Gasteiger partial charge in [0.1, 0.15) is 5.78 Å². The third kappa shape index (κ3) is 2.48. The maximum atomic E-state index is 11.1. The molecule has 0 aliphatic carbocycles.